The Morgan fingerprint density at radius 2 is 2.00 bits per heavy atom. The molecule has 0 aliphatic rings. The molecule has 0 N–H and O–H groups in total. The standard InChI is InChI=1S/C19H17F2NO2S/c1-12-8-16(13(2)22(12)10-15-4-3-7-25-15)18(23)11-24-19-6-5-14(20)9-17(19)21/h3-9H,10-11H2,1-2H3. The summed E-state index contributed by atoms with van der Waals surface area (Å²) in [4.78, 5) is 13.7. The summed E-state index contributed by atoms with van der Waals surface area (Å²) in [5.41, 5.74) is 2.37. The molecule has 3 rings (SSSR count). The normalized spacial score (nSPS) is 10.9. The molecular weight excluding hydrogens is 344 g/mol. The van der Waals surface area contributed by atoms with Crippen LogP contribution in [-0.4, -0.2) is 17.0 Å². The first-order chi connectivity index (χ1) is 12.0. The van der Waals surface area contributed by atoms with E-state index >= 15 is 0 Å². The van der Waals surface area contributed by atoms with E-state index in [4.69, 9.17) is 4.74 Å². The van der Waals surface area contributed by atoms with Gasteiger partial charge in [-0.25, -0.2) is 8.78 Å². The maximum Gasteiger partial charge on any atom is 0.202 e. The Hall–Kier alpha value is -2.47. The molecule has 0 fully saturated rings. The first-order valence-corrected chi connectivity index (χ1v) is 8.64. The highest BCUT2D eigenvalue weighted by atomic mass is 32.1. The quantitative estimate of drug-likeness (QED) is 0.593. The van der Waals surface area contributed by atoms with Gasteiger partial charge in [0, 0.05) is 27.9 Å². The SMILES string of the molecule is Cc1cc(C(=O)COc2ccc(F)cc2F)c(C)n1Cc1cccs1. The molecule has 2 aromatic heterocycles. The molecule has 3 aromatic rings. The van der Waals surface area contributed by atoms with Crippen LogP contribution in [0.4, 0.5) is 8.78 Å². The molecule has 0 unspecified atom stereocenters. The number of ketones is 1. The Kier molecular flexibility index (Phi) is 4.99. The molecule has 0 radical (unpaired) electrons. The van der Waals surface area contributed by atoms with Gasteiger partial charge < -0.3 is 9.30 Å². The highest BCUT2D eigenvalue weighted by molar-refractivity contribution is 7.09. The van der Waals surface area contributed by atoms with Crippen molar-refractivity contribution < 1.29 is 18.3 Å². The first-order valence-electron chi connectivity index (χ1n) is 7.76. The summed E-state index contributed by atoms with van der Waals surface area (Å²) in [6.45, 7) is 4.23. The Balaban J connectivity index is 1.74. The molecule has 25 heavy (non-hydrogen) atoms. The maximum atomic E-state index is 13.6. The fourth-order valence-corrected chi connectivity index (χ4v) is 3.39. The van der Waals surface area contributed by atoms with Crippen LogP contribution in [0.3, 0.4) is 0 Å². The monoisotopic (exact) mass is 361 g/mol. The van der Waals surface area contributed by atoms with Gasteiger partial charge in [0.15, 0.2) is 18.2 Å². The fraction of sp³-hybridized carbons (Fsp3) is 0.211. The minimum absolute atomic E-state index is 0.137. The zero-order valence-corrected chi connectivity index (χ0v) is 14.7. The van der Waals surface area contributed by atoms with Crippen LogP contribution in [0.5, 0.6) is 5.75 Å². The highest BCUT2D eigenvalue weighted by Crippen LogP contribution is 2.21. The van der Waals surface area contributed by atoms with Crippen molar-refractivity contribution in [1.29, 1.82) is 0 Å². The number of halogens is 2. The minimum atomic E-state index is -0.823. The van der Waals surface area contributed by atoms with Gasteiger partial charge in [0.25, 0.3) is 0 Å². The second-order valence-electron chi connectivity index (χ2n) is 5.74. The van der Waals surface area contributed by atoms with Gasteiger partial charge in [0.05, 0.1) is 6.54 Å². The third-order valence-corrected chi connectivity index (χ3v) is 4.88. The summed E-state index contributed by atoms with van der Waals surface area (Å²) < 4.78 is 33.8. The number of Topliss-reactive ketones (excluding diaryl/α,β-unsaturated/α-hetero) is 1. The number of hydrogen-bond donors (Lipinski definition) is 0. The van der Waals surface area contributed by atoms with Gasteiger partial charge in [-0.05, 0) is 43.5 Å². The molecule has 0 saturated carbocycles. The van der Waals surface area contributed by atoms with Gasteiger partial charge in [-0.3, -0.25) is 4.79 Å². The third kappa shape index (κ3) is 3.79. The number of rotatable bonds is 6. The second kappa shape index (κ2) is 7.19. The predicted octanol–water partition coefficient (Wildman–Crippen LogP) is 4.75. The Morgan fingerprint density at radius 1 is 1.20 bits per heavy atom. The lowest BCUT2D eigenvalue weighted by Crippen LogP contribution is -2.13. The molecule has 6 heteroatoms. The van der Waals surface area contributed by atoms with Crippen molar-refractivity contribution in [1.82, 2.24) is 4.57 Å². The number of carbonyl (C=O) groups is 1. The number of thiophene rings is 1. The van der Waals surface area contributed by atoms with E-state index in [1.807, 2.05) is 37.4 Å². The maximum absolute atomic E-state index is 13.6. The number of ether oxygens (including phenoxy) is 1. The lowest BCUT2D eigenvalue weighted by atomic mass is 10.1. The van der Waals surface area contributed by atoms with Crippen LogP contribution in [0.1, 0.15) is 26.6 Å². The van der Waals surface area contributed by atoms with Crippen molar-refractivity contribution >= 4 is 17.1 Å². The average Bonchev–Trinajstić information content (AvgIpc) is 3.17. The van der Waals surface area contributed by atoms with Crippen LogP contribution in [0.2, 0.25) is 0 Å². The van der Waals surface area contributed by atoms with Crippen molar-refractivity contribution in [3.8, 4) is 5.75 Å². The van der Waals surface area contributed by atoms with Crippen LogP contribution >= 0.6 is 11.3 Å². The average molecular weight is 361 g/mol. The van der Waals surface area contributed by atoms with Gasteiger partial charge in [-0.15, -0.1) is 11.3 Å². The fourth-order valence-electron chi connectivity index (χ4n) is 2.70. The van der Waals surface area contributed by atoms with Gasteiger partial charge in [0.2, 0.25) is 5.78 Å². The number of hydrogen-bond acceptors (Lipinski definition) is 3. The van der Waals surface area contributed by atoms with E-state index in [2.05, 4.69) is 4.57 Å². The van der Waals surface area contributed by atoms with E-state index in [1.165, 1.54) is 10.9 Å². The first kappa shape index (κ1) is 17.4. The van der Waals surface area contributed by atoms with Crippen LogP contribution in [-0.2, 0) is 6.54 Å². The van der Waals surface area contributed by atoms with Crippen molar-refractivity contribution in [3.63, 3.8) is 0 Å². The number of aromatic nitrogens is 1. The lowest BCUT2D eigenvalue weighted by Gasteiger charge is -2.09. The van der Waals surface area contributed by atoms with Crippen molar-refractivity contribution in [2.75, 3.05) is 6.61 Å². The van der Waals surface area contributed by atoms with E-state index in [1.54, 1.807) is 11.3 Å². The zero-order valence-electron chi connectivity index (χ0n) is 13.9. The molecular formula is C19H17F2NO2S. The van der Waals surface area contributed by atoms with Crippen molar-refractivity contribution in [2.24, 2.45) is 0 Å². The van der Waals surface area contributed by atoms with E-state index in [9.17, 15) is 13.6 Å². The second-order valence-corrected chi connectivity index (χ2v) is 6.77. The molecule has 3 nitrogen and oxygen atoms in total. The van der Waals surface area contributed by atoms with Crippen molar-refractivity contribution in [3.05, 3.63) is 75.2 Å². The summed E-state index contributed by atoms with van der Waals surface area (Å²) in [5.74, 6) is -1.89. The molecule has 0 aliphatic heterocycles. The Labute approximate surface area is 148 Å². The number of nitrogens with zero attached hydrogens (tertiary/aromatic N) is 1. The van der Waals surface area contributed by atoms with Crippen LogP contribution in [0.25, 0.3) is 0 Å². The van der Waals surface area contributed by atoms with Gasteiger partial charge in [0.1, 0.15) is 5.82 Å². The molecule has 0 atom stereocenters. The van der Waals surface area contributed by atoms with Crippen molar-refractivity contribution in [2.45, 2.75) is 20.4 Å². The molecule has 1 aromatic carbocycles. The smallest absolute Gasteiger partial charge is 0.202 e. The summed E-state index contributed by atoms with van der Waals surface area (Å²) >= 11 is 1.66. The largest absolute Gasteiger partial charge is 0.482 e. The topological polar surface area (TPSA) is 31.2 Å². The van der Waals surface area contributed by atoms with Crippen LogP contribution in [0.15, 0.2) is 41.8 Å². The highest BCUT2D eigenvalue weighted by Gasteiger charge is 2.17. The third-order valence-electron chi connectivity index (χ3n) is 4.02. The molecule has 130 valence electrons. The molecule has 0 aliphatic carbocycles. The van der Waals surface area contributed by atoms with Gasteiger partial charge >= 0.3 is 0 Å². The lowest BCUT2D eigenvalue weighted by molar-refractivity contribution is 0.0918. The van der Waals surface area contributed by atoms with E-state index < -0.39 is 11.6 Å². The van der Waals surface area contributed by atoms with Crippen LogP contribution in [0, 0.1) is 25.5 Å². The summed E-state index contributed by atoms with van der Waals surface area (Å²) in [7, 11) is 0. The molecule has 2 heterocycles. The summed E-state index contributed by atoms with van der Waals surface area (Å²) in [5, 5.41) is 2.01. The predicted molar refractivity (Wildman–Crippen MR) is 93.5 cm³/mol. The molecule has 0 bridgehead atoms. The summed E-state index contributed by atoms with van der Waals surface area (Å²) in [6.07, 6.45) is 0. The molecule has 0 spiro atoms. The van der Waals surface area contributed by atoms with Gasteiger partial charge in [-0.2, -0.15) is 0 Å². The Morgan fingerprint density at radius 3 is 2.68 bits per heavy atom. The summed E-state index contributed by atoms with van der Waals surface area (Å²) in [6, 6.07) is 8.85. The Bertz CT molecular complexity index is 901. The van der Waals surface area contributed by atoms with E-state index in [0.717, 1.165) is 23.5 Å². The molecule has 0 amide bonds. The van der Waals surface area contributed by atoms with Crippen LogP contribution < -0.4 is 4.74 Å². The van der Waals surface area contributed by atoms with Gasteiger partial charge in [-0.1, -0.05) is 6.07 Å². The van der Waals surface area contributed by atoms with E-state index in [0.29, 0.717) is 12.1 Å². The number of carbonyl (C=O) groups excluding carboxylic acids is 1. The number of benzene rings is 1. The zero-order chi connectivity index (χ0) is 18.0. The number of aryl methyl sites for hydroxylation is 1. The molecule has 0 saturated heterocycles. The van der Waals surface area contributed by atoms with E-state index in [-0.39, 0.29) is 18.1 Å². The minimum Gasteiger partial charge on any atom is -0.482 e.